The van der Waals surface area contributed by atoms with Crippen LogP contribution in [0.4, 0.5) is 5.69 Å². The lowest BCUT2D eigenvalue weighted by Gasteiger charge is -2.29. The summed E-state index contributed by atoms with van der Waals surface area (Å²) in [7, 11) is 0. The molecule has 1 aliphatic rings. The van der Waals surface area contributed by atoms with Crippen molar-refractivity contribution in [2.45, 2.75) is 33.1 Å². The summed E-state index contributed by atoms with van der Waals surface area (Å²) in [6.45, 7) is 8.10. The maximum absolute atomic E-state index is 12.8. The number of ether oxygens (including phenoxy) is 1. The molecule has 2 atom stereocenters. The molecule has 0 saturated heterocycles. The molecule has 0 N–H and O–H groups in total. The standard InChI is InChI=1S/C23H27NO4/c1-4-24(5-2)18-11-9-16(10-12-18)19-14-17(21-8-7-13-28-21)15-20(25)22(19)23(26)27-6-3/h7-13,15,19,22H,4-6,14H2,1-3H3. The molecular formula is C23H27NO4. The molecule has 0 saturated carbocycles. The highest BCUT2D eigenvalue weighted by Crippen LogP contribution is 2.40. The smallest absolute Gasteiger partial charge is 0.317 e. The van der Waals surface area contributed by atoms with Crippen molar-refractivity contribution in [2.75, 3.05) is 24.6 Å². The number of benzene rings is 1. The summed E-state index contributed by atoms with van der Waals surface area (Å²) in [6.07, 6.45) is 3.67. The van der Waals surface area contributed by atoms with Crippen molar-refractivity contribution in [2.24, 2.45) is 5.92 Å². The van der Waals surface area contributed by atoms with Gasteiger partial charge in [0, 0.05) is 24.7 Å². The summed E-state index contributed by atoms with van der Waals surface area (Å²) in [5, 5.41) is 0. The fraction of sp³-hybridized carbons (Fsp3) is 0.391. The average molecular weight is 381 g/mol. The third kappa shape index (κ3) is 4.03. The van der Waals surface area contributed by atoms with E-state index in [2.05, 4.69) is 30.9 Å². The van der Waals surface area contributed by atoms with Crippen LogP contribution >= 0.6 is 0 Å². The third-order valence-corrected chi connectivity index (χ3v) is 5.29. The molecule has 3 rings (SSSR count). The second-order valence-electron chi connectivity index (χ2n) is 6.85. The second kappa shape index (κ2) is 8.91. The summed E-state index contributed by atoms with van der Waals surface area (Å²) in [4.78, 5) is 27.6. The Hall–Kier alpha value is -2.82. The number of anilines is 1. The predicted octanol–water partition coefficient (Wildman–Crippen LogP) is 4.45. The molecule has 0 fully saturated rings. The summed E-state index contributed by atoms with van der Waals surface area (Å²) in [6, 6.07) is 11.8. The predicted molar refractivity (Wildman–Crippen MR) is 109 cm³/mol. The monoisotopic (exact) mass is 381 g/mol. The first-order chi connectivity index (χ1) is 13.6. The lowest BCUT2D eigenvalue weighted by molar-refractivity contribution is -0.151. The van der Waals surface area contributed by atoms with E-state index in [1.165, 1.54) is 6.08 Å². The summed E-state index contributed by atoms with van der Waals surface area (Å²) < 4.78 is 10.7. The van der Waals surface area contributed by atoms with E-state index in [0.29, 0.717) is 12.2 Å². The van der Waals surface area contributed by atoms with Crippen molar-refractivity contribution in [3.63, 3.8) is 0 Å². The third-order valence-electron chi connectivity index (χ3n) is 5.29. The van der Waals surface area contributed by atoms with E-state index in [4.69, 9.17) is 9.15 Å². The van der Waals surface area contributed by atoms with Gasteiger partial charge in [0.2, 0.25) is 0 Å². The zero-order chi connectivity index (χ0) is 20.1. The quantitative estimate of drug-likeness (QED) is 0.524. The van der Waals surface area contributed by atoms with Gasteiger partial charge < -0.3 is 14.1 Å². The maximum Gasteiger partial charge on any atom is 0.317 e. The van der Waals surface area contributed by atoms with Gasteiger partial charge >= 0.3 is 5.97 Å². The van der Waals surface area contributed by atoms with Gasteiger partial charge in [-0.25, -0.2) is 0 Å². The number of furan rings is 1. The highest BCUT2D eigenvalue weighted by atomic mass is 16.5. The first kappa shape index (κ1) is 19.9. The van der Waals surface area contributed by atoms with E-state index >= 15 is 0 Å². The highest BCUT2D eigenvalue weighted by molar-refractivity contribution is 6.10. The van der Waals surface area contributed by atoms with Gasteiger partial charge in [0.1, 0.15) is 11.7 Å². The molecule has 0 amide bonds. The Bertz CT molecular complexity index is 832. The fourth-order valence-corrected chi connectivity index (χ4v) is 3.85. The van der Waals surface area contributed by atoms with Crippen molar-refractivity contribution >= 4 is 23.0 Å². The van der Waals surface area contributed by atoms with Crippen molar-refractivity contribution in [1.29, 1.82) is 0 Å². The molecule has 0 aliphatic heterocycles. The van der Waals surface area contributed by atoms with Crippen molar-refractivity contribution < 1.29 is 18.7 Å². The minimum absolute atomic E-state index is 0.228. The van der Waals surface area contributed by atoms with E-state index in [0.717, 1.165) is 29.9 Å². The van der Waals surface area contributed by atoms with Crippen LogP contribution in [0.5, 0.6) is 0 Å². The minimum atomic E-state index is -0.821. The Balaban J connectivity index is 1.95. The van der Waals surface area contributed by atoms with Crippen LogP contribution in [0.1, 0.15) is 44.4 Å². The molecule has 1 aromatic heterocycles. The number of ketones is 1. The number of carbonyl (C=O) groups excluding carboxylic acids is 2. The molecule has 28 heavy (non-hydrogen) atoms. The van der Waals surface area contributed by atoms with Crippen molar-refractivity contribution in [3.8, 4) is 0 Å². The van der Waals surface area contributed by atoms with Crippen molar-refractivity contribution in [1.82, 2.24) is 0 Å². The molecule has 148 valence electrons. The maximum atomic E-state index is 12.8. The molecule has 1 aliphatic carbocycles. The lowest BCUT2D eigenvalue weighted by Crippen LogP contribution is -2.34. The van der Waals surface area contributed by atoms with Crippen LogP contribution in [0, 0.1) is 5.92 Å². The number of allylic oxidation sites excluding steroid dienone is 2. The van der Waals surface area contributed by atoms with Crippen LogP contribution in [0.3, 0.4) is 0 Å². The van der Waals surface area contributed by atoms with E-state index < -0.39 is 11.9 Å². The van der Waals surface area contributed by atoms with E-state index in [-0.39, 0.29) is 18.3 Å². The first-order valence-corrected chi connectivity index (χ1v) is 9.88. The largest absolute Gasteiger partial charge is 0.465 e. The SMILES string of the molecule is CCOC(=O)C1C(=O)C=C(c2ccco2)CC1c1ccc(N(CC)CC)cc1. The van der Waals surface area contributed by atoms with Gasteiger partial charge in [-0.1, -0.05) is 12.1 Å². The molecule has 5 nitrogen and oxygen atoms in total. The van der Waals surface area contributed by atoms with Gasteiger partial charge in [-0.05, 0) is 68.7 Å². The Morgan fingerprint density at radius 3 is 2.43 bits per heavy atom. The van der Waals surface area contributed by atoms with E-state index in [1.54, 1.807) is 19.3 Å². The molecule has 1 heterocycles. The van der Waals surface area contributed by atoms with Crippen LogP contribution in [-0.4, -0.2) is 31.4 Å². The van der Waals surface area contributed by atoms with Gasteiger partial charge in [-0.15, -0.1) is 0 Å². The van der Waals surface area contributed by atoms with E-state index in [9.17, 15) is 9.59 Å². The van der Waals surface area contributed by atoms with Gasteiger partial charge in [0.25, 0.3) is 0 Å². The van der Waals surface area contributed by atoms with Crippen LogP contribution in [0.15, 0.2) is 53.2 Å². The Labute approximate surface area is 166 Å². The normalized spacial score (nSPS) is 19.2. The number of hydrogen-bond acceptors (Lipinski definition) is 5. The Kier molecular flexibility index (Phi) is 6.34. The summed E-state index contributed by atoms with van der Waals surface area (Å²) in [5.74, 6) is -1.12. The number of carbonyl (C=O) groups is 2. The summed E-state index contributed by atoms with van der Waals surface area (Å²) >= 11 is 0. The molecular weight excluding hydrogens is 354 g/mol. The minimum Gasteiger partial charge on any atom is -0.465 e. The molecule has 0 bridgehead atoms. The zero-order valence-electron chi connectivity index (χ0n) is 16.7. The van der Waals surface area contributed by atoms with Gasteiger partial charge in [0.15, 0.2) is 5.78 Å². The number of nitrogens with zero attached hydrogens (tertiary/aromatic N) is 1. The number of rotatable bonds is 7. The summed E-state index contributed by atoms with van der Waals surface area (Å²) in [5.41, 5.74) is 2.90. The van der Waals surface area contributed by atoms with E-state index in [1.807, 2.05) is 18.2 Å². The lowest BCUT2D eigenvalue weighted by atomic mass is 9.74. The van der Waals surface area contributed by atoms with Crippen LogP contribution in [-0.2, 0) is 14.3 Å². The molecule has 1 aromatic carbocycles. The molecule has 2 aromatic rings. The van der Waals surface area contributed by atoms with Gasteiger partial charge in [0.05, 0.1) is 12.9 Å². The topological polar surface area (TPSA) is 59.8 Å². The average Bonchev–Trinajstić information content (AvgIpc) is 3.24. The number of hydrogen-bond donors (Lipinski definition) is 0. The number of esters is 1. The Morgan fingerprint density at radius 2 is 1.86 bits per heavy atom. The van der Waals surface area contributed by atoms with Gasteiger partial charge in [-0.3, -0.25) is 9.59 Å². The van der Waals surface area contributed by atoms with Gasteiger partial charge in [-0.2, -0.15) is 0 Å². The fourth-order valence-electron chi connectivity index (χ4n) is 3.85. The molecule has 5 heteroatoms. The molecule has 2 unspecified atom stereocenters. The Morgan fingerprint density at radius 1 is 1.14 bits per heavy atom. The second-order valence-corrected chi connectivity index (χ2v) is 6.85. The zero-order valence-corrected chi connectivity index (χ0v) is 16.7. The highest BCUT2D eigenvalue weighted by Gasteiger charge is 2.40. The first-order valence-electron chi connectivity index (χ1n) is 9.88. The van der Waals surface area contributed by atoms with Crippen LogP contribution < -0.4 is 4.90 Å². The molecule has 0 radical (unpaired) electrons. The van der Waals surface area contributed by atoms with Crippen LogP contribution in [0.2, 0.25) is 0 Å². The van der Waals surface area contributed by atoms with Crippen LogP contribution in [0.25, 0.3) is 5.57 Å². The van der Waals surface area contributed by atoms with Crippen molar-refractivity contribution in [3.05, 3.63) is 60.1 Å². The molecule has 0 spiro atoms.